The minimum Gasteiger partial charge on any atom is -0.481 e. The fraction of sp³-hybridized carbons (Fsp3) is 0.556. The summed E-state index contributed by atoms with van der Waals surface area (Å²) >= 11 is 1.01. The highest BCUT2D eigenvalue weighted by Gasteiger charge is 2.26. The highest BCUT2D eigenvalue weighted by molar-refractivity contribution is 7.91. The molecule has 0 aliphatic carbocycles. The average Bonchev–Trinajstić information content (AvgIpc) is 2.78. The minimum atomic E-state index is -3.71. The molecule has 0 amide bonds. The number of aliphatic carboxylic acids is 1. The molecule has 2 heterocycles. The molecule has 0 saturated carbocycles. The largest absolute Gasteiger partial charge is 0.481 e. The Morgan fingerprint density at radius 2 is 2.11 bits per heavy atom. The highest BCUT2D eigenvalue weighted by atomic mass is 32.2. The van der Waals surface area contributed by atoms with E-state index in [1.54, 1.807) is 0 Å². The van der Waals surface area contributed by atoms with E-state index in [-0.39, 0.29) is 10.1 Å². The summed E-state index contributed by atoms with van der Waals surface area (Å²) in [6.45, 7) is 1.13. The van der Waals surface area contributed by atoms with Gasteiger partial charge in [0.15, 0.2) is 9.34 Å². The fourth-order valence-electron chi connectivity index (χ4n) is 1.85. The van der Waals surface area contributed by atoms with E-state index in [1.165, 1.54) is 6.20 Å². The monoisotopic (exact) mass is 291 g/mol. The molecule has 0 aromatic carbocycles. The number of thiazole rings is 1. The molecular formula is C9H13N3O4S2. The van der Waals surface area contributed by atoms with Gasteiger partial charge in [0.2, 0.25) is 10.0 Å². The van der Waals surface area contributed by atoms with E-state index in [0.29, 0.717) is 31.1 Å². The van der Waals surface area contributed by atoms with Crippen LogP contribution in [0.4, 0.5) is 5.13 Å². The van der Waals surface area contributed by atoms with Gasteiger partial charge in [-0.2, -0.15) is 0 Å². The maximum absolute atomic E-state index is 11.1. The molecule has 1 fully saturated rings. The van der Waals surface area contributed by atoms with Gasteiger partial charge in [0, 0.05) is 13.1 Å². The van der Waals surface area contributed by atoms with Crippen molar-refractivity contribution in [3.63, 3.8) is 0 Å². The Balaban J connectivity index is 2.06. The van der Waals surface area contributed by atoms with Gasteiger partial charge in [-0.15, -0.1) is 0 Å². The lowest BCUT2D eigenvalue weighted by molar-refractivity contribution is -0.142. The molecule has 3 N–H and O–H groups in total. The van der Waals surface area contributed by atoms with Gasteiger partial charge in [0.1, 0.15) is 0 Å². The zero-order valence-corrected chi connectivity index (χ0v) is 11.1. The molecule has 1 aliphatic rings. The summed E-state index contributed by atoms with van der Waals surface area (Å²) in [5.41, 5.74) is 0. The van der Waals surface area contributed by atoms with E-state index < -0.39 is 16.0 Å². The van der Waals surface area contributed by atoms with Gasteiger partial charge in [-0.05, 0) is 12.8 Å². The van der Waals surface area contributed by atoms with Gasteiger partial charge in [0.25, 0.3) is 0 Å². The normalized spacial score (nSPS) is 17.9. The standard InChI is InChI=1S/C9H13N3O4S2/c10-18(15,16)7-5-11-9(17-7)12-3-1-6(2-4-12)8(13)14/h5-6H,1-4H2,(H,13,14)(H2,10,15,16). The number of anilines is 1. The molecule has 18 heavy (non-hydrogen) atoms. The van der Waals surface area contributed by atoms with Crippen molar-refractivity contribution in [2.75, 3.05) is 18.0 Å². The molecule has 100 valence electrons. The molecule has 2 rings (SSSR count). The molecular weight excluding hydrogens is 278 g/mol. The van der Waals surface area contributed by atoms with E-state index in [0.717, 1.165) is 11.3 Å². The summed E-state index contributed by atoms with van der Waals surface area (Å²) < 4.78 is 22.3. The maximum Gasteiger partial charge on any atom is 0.306 e. The SMILES string of the molecule is NS(=O)(=O)c1cnc(N2CCC(C(=O)O)CC2)s1. The number of primary sulfonamides is 1. The molecule has 9 heteroatoms. The summed E-state index contributed by atoms with van der Waals surface area (Å²) in [6, 6.07) is 0. The Bertz CT molecular complexity index is 546. The van der Waals surface area contributed by atoms with Crippen molar-refractivity contribution in [1.29, 1.82) is 0 Å². The number of aromatic nitrogens is 1. The highest BCUT2D eigenvalue weighted by Crippen LogP contribution is 2.28. The number of nitrogens with two attached hydrogens (primary N) is 1. The van der Waals surface area contributed by atoms with Crippen LogP contribution in [0.5, 0.6) is 0 Å². The average molecular weight is 291 g/mol. The van der Waals surface area contributed by atoms with Crippen LogP contribution in [0.25, 0.3) is 0 Å². The molecule has 0 spiro atoms. The zero-order chi connectivity index (χ0) is 13.3. The van der Waals surface area contributed by atoms with Crippen LogP contribution in [0.3, 0.4) is 0 Å². The van der Waals surface area contributed by atoms with Crippen LogP contribution >= 0.6 is 11.3 Å². The quantitative estimate of drug-likeness (QED) is 0.816. The molecule has 7 nitrogen and oxygen atoms in total. The molecule has 1 saturated heterocycles. The maximum atomic E-state index is 11.1. The predicted molar refractivity (Wildman–Crippen MR) is 66.1 cm³/mol. The van der Waals surface area contributed by atoms with E-state index in [9.17, 15) is 13.2 Å². The lowest BCUT2D eigenvalue weighted by atomic mass is 9.98. The number of carboxylic acids is 1. The van der Waals surface area contributed by atoms with Gasteiger partial charge in [0.05, 0.1) is 12.1 Å². The Hall–Kier alpha value is -1.19. The molecule has 1 aliphatic heterocycles. The van der Waals surface area contributed by atoms with Crippen molar-refractivity contribution in [3.05, 3.63) is 6.20 Å². The van der Waals surface area contributed by atoms with E-state index >= 15 is 0 Å². The van der Waals surface area contributed by atoms with Gasteiger partial charge < -0.3 is 10.0 Å². The summed E-state index contributed by atoms with van der Waals surface area (Å²) in [4.78, 5) is 16.7. The number of nitrogens with zero attached hydrogens (tertiary/aromatic N) is 2. The lowest BCUT2D eigenvalue weighted by Gasteiger charge is -2.29. The molecule has 1 aromatic heterocycles. The van der Waals surface area contributed by atoms with Crippen LogP contribution < -0.4 is 10.0 Å². The minimum absolute atomic E-state index is 0.0258. The molecule has 0 bridgehead atoms. The van der Waals surface area contributed by atoms with Gasteiger partial charge >= 0.3 is 5.97 Å². The van der Waals surface area contributed by atoms with Crippen LogP contribution in [0.1, 0.15) is 12.8 Å². The van der Waals surface area contributed by atoms with E-state index in [4.69, 9.17) is 10.2 Å². The summed E-state index contributed by atoms with van der Waals surface area (Å²) in [6.07, 6.45) is 2.32. The number of carbonyl (C=O) groups is 1. The van der Waals surface area contributed by atoms with Crippen LogP contribution in [-0.4, -0.2) is 37.6 Å². The fourth-order valence-corrected chi connectivity index (χ4v) is 3.44. The van der Waals surface area contributed by atoms with Gasteiger partial charge in [-0.1, -0.05) is 11.3 Å². The first kappa shape index (κ1) is 13.2. The van der Waals surface area contributed by atoms with Crippen LogP contribution in [0.2, 0.25) is 0 Å². The van der Waals surface area contributed by atoms with Crippen molar-refractivity contribution >= 4 is 32.5 Å². The van der Waals surface area contributed by atoms with Crippen molar-refractivity contribution in [2.24, 2.45) is 11.1 Å². The van der Waals surface area contributed by atoms with Crippen molar-refractivity contribution in [1.82, 2.24) is 4.98 Å². The Kier molecular flexibility index (Phi) is 3.55. The topological polar surface area (TPSA) is 114 Å². The third-order valence-corrected chi connectivity index (χ3v) is 5.33. The number of hydrogen-bond donors (Lipinski definition) is 2. The molecule has 0 unspecified atom stereocenters. The number of piperidine rings is 1. The van der Waals surface area contributed by atoms with Crippen LogP contribution in [-0.2, 0) is 14.8 Å². The van der Waals surface area contributed by atoms with Crippen LogP contribution in [0, 0.1) is 5.92 Å². The Labute approximate surface area is 108 Å². The molecule has 1 aromatic rings. The second kappa shape index (κ2) is 4.82. The molecule has 0 atom stereocenters. The third-order valence-electron chi connectivity index (χ3n) is 2.87. The van der Waals surface area contributed by atoms with E-state index in [1.807, 2.05) is 4.90 Å². The van der Waals surface area contributed by atoms with Crippen molar-refractivity contribution in [3.8, 4) is 0 Å². The molecule has 0 radical (unpaired) electrons. The third kappa shape index (κ3) is 2.79. The summed E-state index contributed by atoms with van der Waals surface area (Å²) in [5, 5.41) is 14.5. The first-order valence-corrected chi connectivity index (χ1v) is 7.70. The van der Waals surface area contributed by atoms with Crippen molar-refractivity contribution in [2.45, 2.75) is 17.1 Å². The zero-order valence-electron chi connectivity index (χ0n) is 9.44. The number of rotatable bonds is 3. The first-order chi connectivity index (χ1) is 8.38. The van der Waals surface area contributed by atoms with Crippen molar-refractivity contribution < 1.29 is 18.3 Å². The second-order valence-electron chi connectivity index (χ2n) is 4.11. The number of carboxylic acid groups (broad SMARTS) is 1. The Morgan fingerprint density at radius 3 is 2.56 bits per heavy atom. The number of hydrogen-bond acceptors (Lipinski definition) is 6. The summed E-state index contributed by atoms with van der Waals surface area (Å²) in [5.74, 6) is -1.10. The van der Waals surface area contributed by atoms with Gasteiger partial charge in [-0.3, -0.25) is 4.79 Å². The summed E-state index contributed by atoms with van der Waals surface area (Å²) in [7, 11) is -3.71. The number of sulfonamides is 1. The smallest absolute Gasteiger partial charge is 0.306 e. The second-order valence-corrected chi connectivity index (χ2v) is 6.90. The van der Waals surface area contributed by atoms with Crippen LogP contribution in [0.15, 0.2) is 10.4 Å². The first-order valence-electron chi connectivity index (χ1n) is 5.34. The van der Waals surface area contributed by atoms with Gasteiger partial charge in [-0.25, -0.2) is 18.5 Å². The Morgan fingerprint density at radius 1 is 1.50 bits per heavy atom. The van der Waals surface area contributed by atoms with E-state index in [2.05, 4.69) is 4.98 Å². The predicted octanol–water partition coefficient (Wildman–Crippen LogP) is 0.0915. The lowest BCUT2D eigenvalue weighted by Crippen LogP contribution is -2.36.